The fraction of sp³-hybridized carbons (Fsp3) is 0.0417. The molecule has 0 aliphatic carbocycles. The van der Waals surface area contributed by atoms with Gasteiger partial charge < -0.3 is 15.7 Å². The molecule has 4 amide bonds. The minimum absolute atomic E-state index is 0.105. The van der Waals surface area contributed by atoms with Gasteiger partial charge in [0, 0.05) is 12.1 Å². The van der Waals surface area contributed by atoms with Gasteiger partial charge in [0.1, 0.15) is 11.4 Å². The molecule has 0 spiro atoms. The van der Waals surface area contributed by atoms with Crippen LogP contribution in [0.5, 0.6) is 5.75 Å². The number of carbonyl (C=O) groups is 3. The summed E-state index contributed by atoms with van der Waals surface area (Å²) in [5.41, 5.74) is 2.35. The number of benzene rings is 3. The lowest BCUT2D eigenvalue weighted by Gasteiger charge is -2.13. The molecule has 0 unspecified atom stereocenters. The molecular formula is C24H19N3O4. The number of phenolic OH excluding ortho intramolecular Hbond substituents is 1. The van der Waals surface area contributed by atoms with E-state index < -0.39 is 11.9 Å². The molecule has 31 heavy (non-hydrogen) atoms. The lowest BCUT2D eigenvalue weighted by molar-refractivity contribution is -0.113. The van der Waals surface area contributed by atoms with E-state index in [1.807, 2.05) is 30.3 Å². The minimum atomic E-state index is -0.600. The zero-order valence-corrected chi connectivity index (χ0v) is 16.4. The van der Waals surface area contributed by atoms with Gasteiger partial charge in [-0.3, -0.25) is 9.59 Å². The van der Waals surface area contributed by atoms with Crippen molar-refractivity contribution in [3.63, 3.8) is 0 Å². The summed E-state index contributed by atoms with van der Waals surface area (Å²) in [5.74, 6) is -0.731. The second-order valence-corrected chi connectivity index (χ2v) is 6.94. The highest BCUT2D eigenvalue weighted by Gasteiger charge is 2.35. The van der Waals surface area contributed by atoms with Crippen LogP contribution in [0, 0.1) is 0 Å². The van der Waals surface area contributed by atoms with Crippen LogP contribution in [-0.4, -0.2) is 23.0 Å². The third-order valence-electron chi connectivity index (χ3n) is 4.74. The van der Waals surface area contributed by atoms with Gasteiger partial charge in [0.15, 0.2) is 0 Å². The molecule has 7 nitrogen and oxygen atoms in total. The predicted octanol–water partition coefficient (Wildman–Crippen LogP) is 3.42. The molecule has 1 fully saturated rings. The molecule has 0 radical (unpaired) electrons. The van der Waals surface area contributed by atoms with E-state index in [-0.39, 0.29) is 17.4 Å². The number of nitrogens with one attached hydrogen (secondary N) is 2. The summed E-state index contributed by atoms with van der Waals surface area (Å²) in [7, 11) is 0. The van der Waals surface area contributed by atoms with Crippen molar-refractivity contribution >= 4 is 29.6 Å². The number of hydrogen-bond donors (Lipinski definition) is 3. The van der Waals surface area contributed by atoms with Crippen molar-refractivity contribution in [3.05, 3.63) is 101 Å². The number of amides is 4. The fourth-order valence-corrected chi connectivity index (χ4v) is 3.17. The standard InChI is InChI=1S/C24H19N3O4/c28-20-11-9-16(10-12-20)13-21-23(30)27(24(31)26-21)19-8-4-7-18(14-19)22(29)25-15-17-5-2-1-3-6-17/h1-14,28H,15H2,(H,25,29)(H,26,31)/b21-13-. The Kier molecular flexibility index (Phi) is 5.49. The zero-order valence-electron chi connectivity index (χ0n) is 16.4. The van der Waals surface area contributed by atoms with E-state index in [2.05, 4.69) is 10.6 Å². The molecule has 4 rings (SSSR count). The van der Waals surface area contributed by atoms with Gasteiger partial charge in [-0.15, -0.1) is 0 Å². The van der Waals surface area contributed by atoms with Crippen LogP contribution in [0.1, 0.15) is 21.5 Å². The van der Waals surface area contributed by atoms with Crippen molar-refractivity contribution in [1.82, 2.24) is 10.6 Å². The number of rotatable bonds is 5. The number of hydrogen-bond acceptors (Lipinski definition) is 4. The van der Waals surface area contributed by atoms with Gasteiger partial charge in [0.2, 0.25) is 0 Å². The molecular weight excluding hydrogens is 394 g/mol. The second-order valence-electron chi connectivity index (χ2n) is 6.94. The molecule has 3 N–H and O–H groups in total. The smallest absolute Gasteiger partial charge is 0.333 e. The van der Waals surface area contributed by atoms with Crippen molar-refractivity contribution in [1.29, 1.82) is 0 Å². The number of carbonyl (C=O) groups excluding carboxylic acids is 3. The van der Waals surface area contributed by atoms with E-state index in [0.717, 1.165) is 10.5 Å². The molecule has 0 bridgehead atoms. The summed E-state index contributed by atoms with van der Waals surface area (Å²) < 4.78 is 0. The molecule has 1 saturated heterocycles. The first-order chi connectivity index (χ1) is 15.0. The first kappa shape index (κ1) is 19.9. The quantitative estimate of drug-likeness (QED) is 0.441. The Morgan fingerprint density at radius 2 is 1.71 bits per heavy atom. The lowest BCUT2D eigenvalue weighted by atomic mass is 10.1. The number of imide groups is 1. The minimum Gasteiger partial charge on any atom is -0.508 e. The summed E-state index contributed by atoms with van der Waals surface area (Å²) in [4.78, 5) is 38.8. The highest BCUT2D eigenvalue weighted by molar-refractivity contribution is 6.28. The van der Waals surface area contributed by atoms with Crippen LogP contribution in [0.2, 0.25) is 0 Å². The third-order valence-corrected chi connectivity index (χ3v) is 4.74. The second kappa shape index (κ2) is 8.54. The summed E-state index contributed by atoms with van der Waals surface area (Å²) in [6.45, 7) is 0.368. The Hall–Kier alpha value is -4.39. The van der Waals surface area contributed by atoms with E-state index in [0.29, 0.717) is 23.4 Å². The molecule has 1 aliphatic heterocycles. The summed E-state index contributed by atoms with van der Waals surface area (Å²) in [6, 6.07) is 21.5. The van der Waals surface area contributed by atoms with Gasteiger partial charge in [-0.2, -0.15) is 0 Å². The van der Waals surface area contributed by atoms with Gasteiger partial charge in [0.05, 0.1) is 5.69 Å². The van der Waals surface area contributed by atoms with Gasteiger partial charge in [-0.1, -0.05) is 48.5 Å². The molecule has 3 aromatic rings. The molecule has 1 aliphatic rings. The SMILES string of the molecule is O=C(NCc1ccccc1)c1cccc(N2C(=O)N/C(=C\c3ccc(O)cc3)C2=O)c1. The van der Waals surface area contributed by atoms with Crippen LogP contribution >= 0.6 is 0 Å². The van der Waals surface area contributed by atoms with Crippen molar-refractivity contribution in [2.45, 2.75) is 6.54 Å². The fourth-order valence-electron chi connectivity index (χ4n) is 3.17. The van der Waals surface area contributed by atoms with Crippen molar-refractivity contribution in [2.24, 2.45) is 0 Å². The Morgan fingerprint density at radius 3 is 2.45 bits per heavy atom. The summed E-state index contributed by atoms with van der Waals surface area (Å²) >= 11 is 0. The average Bonchev–Trinajstić information content (AvgIpc) is 3.07. The largest absolute Gasteiger partial charge is 0.508 e. The topological polar surface area (TPSA) is 98.7 Å². The first-order valence-electron chi connectivity index (χ1n) is 9.59. The molecule has 1 heterocycles. The van der Waals surface area contributed by atoms with Gasteiger partial charge >= 0.3 is 6.03 Å². The lowest BCUT2D eigenvalue weighted by Crippen LogP contribution is -2.31. The van der Waals surface area contributed by atoms with Crippen LogP contribution in [0.25, 0.3) is 6.08 Å². The van der Waals surface area contributed by atoms with Crippen LogP contribution < -0.4 is 15.5 Å². The number of anilines is 1. The normalized spacial score (nSPS) is 14.6. The van der Waals surface area contributed by atoms with E-state index >= 15 is 0 Å². The van der Waals surface area contributed by atoms with Crippen LogP contribution in [-0.2, 0) is 11.3 Å². The van der Waals surface area contributed by atoms with Gasteiger partial charge in [-0.05, 0) is 47.5 Å². The maximum Gasteiger partial charge on any atom is 0.333 e. The van der Waals surface area contributed by atoms with E-state index in [4.69, 9.17) is 0 Å². The monoisotopic (exact) mass is 413 g/mol. The molecule has 7 heteroatoms. The molecule has 154 valence electrons. The van der Waals surface area contributed by atoms with Crippen molar-refractivity contribution in [3.8, 4) is 5.75 Å². The van der Waals surface area contributed by atoms with Gasteiger partial charge in [0.25, 0.3) is 11.8 Å². The number of urea groups is 1. The number of phenols is 1. The van der Waals surface area contributed by atoms with Crippen LogP contribution in [0.4, 0.5) is 10.5 Å². The Labute approximate surface area is 178 Å². The maximum absolute atomic E-state index is 12.8. The highest BCUT2D eigenvalue weighted by atomic mass is 16.3. The predicted molar refractivity (Wildman–Crippen MR) is 116 cm³/mol. The molecule has 0 aromatic heterocycles. The van der Waals surface area contributed by atoms with E-state index in [9.17, 15) is 19.5 Å². The Balaban J connectivity index is 1.51. The summed E-state index contributed by atoms with van der Waals surface area (Å²) in [6.07, 6.45) is 1.52. The summed E-state index contributed by atoms with van der Waals surface area (Å²) in [5, 5.41) is 14.8. The zero-order chi connectivity index (χ0) is 21.8. The average molecular weight is 413 g/mol. The third kappa shape index (κ3) is 4.45. The molecule has 0 saturated carbocycles. The number of nitrogens with zero attached hydrogens (tertiary/aromatic N) is 1. The Bertz CT molecular complexity index is 1170. The van der Waals surface area contributed by atoms with Gasteiger partial charge in [-0.25, -0.2) is 9.69 Å². The Morgan fingerprint density at radius 1 is 0.968 bits per heavy atom. The van der Waals surface area contributed by atoms with Crippen LogP contribution in [0.15, 0.2) is 84.6 Å². The molecule has 0 atom stereocenters. The van der Waals surface area contributed by atoms with Crippen LogP contribution in [0.3, 0.4) is 0 Å². The maximum atomic E-state index is 12.8. The first-order valence-corrected chi connectivity index (χ1v) is 9.59. The number of aromatic hydroxyl groups is 1. The van der Waals surface area contributed by atoms with Crippen molar-refractivity contribution in [2.75, 3.05) is 4.90 Å². The van der Waals surface area contributed by atoms with Crippen molar-refractivity contribution < 1.29 is 19.5 Å². The van der Waals surface area contributed by atoms with E-state index in [1.165, 1.54) is 24.3 Å². The molecule has 3 aromatic carbocycles. The van der Waals surface area contributed by atoms with E-state index in [1.54, 1.807) is 30.3 Å². The highest BCUT2D eigenvalue weighted by Crippen LogP contribution is 2.24.